The first-order valence-corrected chi connectivity index (χ1v) is 10.4. The maximum Gasteiger partial charge on any atom is 0.262 e. The zero-order valence-corrected chi connectivity index (χ0v) is 16.7. The Kier molecular flexibility index (Phi) is 7.38. The minimum Gasteiger partial charge on any atom is -0.382 e. The van der Waals surface area contributed by atoms with Crippen molar-refractivity contribution in [3.05, 3.63) is 59.2 Å². The molecule has 0 spiro atoms. The Bertz CT molecular complexity index is 895. The van der Waals surface area contributed by atoms with Gasteiger partial charge in [0.15, 0.2) is 0 Å². The number of rotatable bonds is 9. The number of ether oxygens (including phenoxy) is 1. The number of carbonyl (C=O) groups is 1. The van der Waals surface area contributed by atoms with Gasteiger partial charge in [-0.2, -0.15) is 0 Å². The van der Waals surface area contributed by atoms with Gasteiger partial charge in [-0.1, -0.05) is 18.2 Å². The monoisotopic (exact) mass is 390 g/mol. The molecule has 0 aromatic heterocycles. The van der Waals surface area contributed by atoms with Crippen molar-refractivity contribution in [2.75, 3.05) is 24.5 Å². The Labute approximate surface area is 161 Å². The Morgan fingerprint density at radius 1 is 1.11 bits per heavy atom. The molecule has 0 atom stereocenters. The van der Waals surface area contributed by atoms with Gasteiger partial charge in [0.2, 0.25) is 0 Å². The van der Waals surface area contributed by atoms with E-state index < -0.39 is 10.0 Å². The van der Waals surface area contributed by atoms with Gasteiger partial charge < -0.3 is 10.1 Å². The zero-order chi connectivity index (χ0) is 19.9. The Balaban J connectivity index is 2.08. The third kappa shape index (κ3) is 6.08. The average molecular weight is 391 g/mol. The lowest BCUT2D eigenvalue weighted by atomic mass is 10.2. The summed E-state index contributed by atoms with van der Waals surface area (Å²) in [6.07, 6.45) is 0.721. The van der Waals surface area contributed by atoms with Crippen molar-refractivity contribution < 1.29 is 17.9 Å². The minimum absolute atomic E-state index is 0.230. The van der Waals surface area contributed by atoms with E-state index in [9.17, 15) is 13.2 Å². The highest BCUT2D eigenvalue weighted by molar-refractivity contribution is 7.92. The predicted octanol–water partition coefficient (Wildman–Crippen LogP) is 3.26. The summed E-state index contributed by atoms with van der Waals surface area (Å²) in [4.78, 5) is 12.5. The number of amides is 1. The van der Waals surface area contributed by atoms with Crippen LogP contribution in [-0.2, 0) is 14.8 Å². The average Bonchev–Trinajstić information content (AvgIpc) is 2.63. The van der Waals surface area contributed by atoms with E-state index in [2.05, 4.69) is 10.0 Å². The lowest BCUT2D eigenvalue weighted by molar-refractivity contribution is 0.0944. The molecular weight excluding hydrogens is 364 g/mol. The van der Waals surface area contributed by atoms with Crippen LogP contribution in [0.2, 0.25) is 0 Å². The van der Waals surface area contributed by atoms with Crippen LogP contribution < -0.4 is 10.0 Å². The molecule has 0 radical (unpaired) electrons. The normalized spacial score (nSPS) is 11.2. The Morgan fingerprint density at radius 2 is 1.89 bits per heavy atom. The van der Waals surface area contributed by atoms with E-state index in [0.717, 1.165) is 12.0 Å². The fourth-order valence-electron chi connectivity index (χ4n) is 2.55. The third-order valence-corrected chi connectivity index (χ3v) is 5.49. The molecule has 2 aromatic carbocycles. The molecule has 27 heavy (non-hydrogen) atoms. The molecule has 7 heteroatoms. The lowest BCUT2D eigenvalue weighted by Crippen LogP contribution is -2.25. The van der Waals surface area contributed by atoms with E-state index in [-0.39, 0.29) is 10.8 Å². The zero-order valence-electron chi connectivity index (χ0n) is 15.9. The highest BCUT2D eigenvalue weighted by Gasteiger charge is 2.17. The van der Waals surface area contributed by atoms with Crippen LogP contribution in [0.1, 0.15) is 34.8 Å². The van der Waals surface area contributed by atoms with E-state index in [1.54, 1.807) is 37.3 Å². The van der Waals surface area contributed by atoms with Gasteiger partial charge in [-0.15, -0.1) is 0 Å². The SMILES string of the molecule is CCOCCCNC(=O)c1cccc(NS(=O)(=O)c2cc(C)ccc2C)c1. The number of hydrogen-bond acceptors (Lipinski definition) is 4. The quantitative estimate of drug-likeness (QED) is 0.644. The van der Waals surface area contributed by atoms with Crippen molar-refractivity contribution in [3.63, 3.8) is 0 Å². The molecule has 0 saturated heterocycles. The van der Waals surface area contributed by atoms with E-state index in [1.165, 1.54) is 6.07 Å². The van der Waals surface area contributed by atoms with Crippen molar-refractivity contribution in [1.82, 2.24) is 5.32 Å². The Morgan fingerprint density at radius 3 is 2.63 bits per heavy atom. The first kappa shape index (κ1) is 20.9. The van der Waals surface area contributed by atoms with Crippen LogP contribution >= 0.6 is 0 Å². The Hall–Kier alpha value is -2.38. The van der Waals surface area contributed by atoms with Gasteiger partial charge in [0.1, 0.15) is 0 Å². The molecule has 0 aliphatic heterocycles. The number of hydrogen-bond donors (Lipinski definition) is 2. The van der Waals surface area contributed by atoms with Crippen molar-refractivity contribution in [2.45, 2.75) is 32.1 Å². The summed E-state index contributed by atoms with van der Waals surface area (Å²) >= 11 is 0. The fraction of sp³-hybridized carbons (Fsp3) is 0.350. The highest BCUT2D eigenvalue weighted by atomic mass is 32.2. The van der Waals surface area contributed by atoms with Crippen molar-refractivity contribution >= 4 is 21.6 Å². The highest BCUT2D eigenvalue weighted by Crippen LogP contribution is 2.21. The molecule has 0 fully saturated rings. The molecule has 2 N–H and O–H groups in total. The topological polar surface area (TPSA) is 84.5 Å². The van der Waals surface area contributed by atoms with E-state index in [1.807, 2.05) is 19.9 Å². The summed E-state index contributed by atoms with van der Waals surface area (Å²) in [5, 5.41) is 2.80. The molecule has 146 valence electrons. The summed E-state index contributed by atoms with van der Waals surface area (Å²) in [5.41, 5.74) is 2.27. The summed E-state index contributed by atoms with van der Waals surface area (Å²) in [5.74, 6) is -0.251. The van der Waals surface area contributed by atoms with Crippen LogP contribution in [0, 0.1) is 13.8 Å². The minimum atomic E-state index is -3.73. The molecule has 0 bridgehead atoms. The number of nitrogens with one attached hydrogen (secondary N) is 2. The molecule has 0 heterocycles. The van der Waals surface area contributed by atoms with Crippen LogP contribution in [-0.4, -0.2) is 34.1 Å². The van der Waals surface area contributed by atoms with Gasteiger partial charge in [0.05, 0.1) is 4.90 Å². The number of anilines is 1. The van der Waals surface area contributed by atoms with Crippen molar-refractivity contribution in [2.24, 2.45) is 0 Å². The number of aryl methyl sites for hydroxylation is 2. The lowest BCUT2D eigenvalue weighted by Gasteiger charge is -2.12. The van der Waals surface area contributed by atoms with Crippen LogP contribution in [0.15, 0.2) is 47.4 Å². The predicted molar refractivity (Wildman–Crippen MR) is 107 cm³/mol. The molecule has 0 aliphatic carbocycles. The smallest absolute Gasteiger partial charge is 0.262 e. The molecule has 2 rings (SSSR count). The second-order valence-electron chi connectivity index (χ2n) is 6.26. The summed E-state index contributed by atoms with van der Waals surface area (Å²) in [6, 6.07) is 11.7. The first-order chi connectivity index (χ1) is 12.8. The molecule has 0 unspecified atom stereocenters. The third-order valence-electron chi connectivity index (χ3n) is 3.97. The van der Waals surface area contributed by atoms with Crippen LogP contribution in [0.4, 0.5) is 5.69 Å². The second-order valence-corrected chi connectivity index (χ2v) is 7.91. The largest absolute Gasteiger partial charge is 0.382 e. The number of carbonyl (C=O) groups excluding carboxylic acids is 1. The number of benzene rings is 2. The summed E-state index contributed by atoms with van der Waals surface area (Å²) < 4.78 is 33.2. The van der Waals surface area contributed by atoms with E-state index in [4.69, 9.17) is 4.74 Å². The fourth-order valence-corrected chi connectivity index (χ4v) is 3.93. The summed E-state index contributed by atoms with van der Waals surface area (Å²) in [7, 11) is -3.73. The van der Waals surface area contributed by atoms with Gasteiger partial charge in [-0.3, -0.25) is 9.52 Å². The van der Waals surface area contributed by atoms with Crippen molar-refractivity contribution in [3.8, 4) is 0 Å². The standard InChI is InChI=1S/C20H26N2O4S/c1-4-26-12-6-11-21-20(23)17-7-5-8-18(14-17)22-27(24,25)19-13-15(2)9-10-16(19)3/h5,7-10,13-14,22H,4,6,11-12H2,1-3H3,(H,21,23). The van der Waals surface area contributed by atoms with Crippen LogP contribution in [0.25, 0.3) is 0 Å². The molecule has 6 nitrogen and oxygen atoms in total. The summed E-state index contributed by atoms with van der Waals surface area (Å²) in [6.45, 7) is 7.25. The second kappa shape index (κ2) is 9.53. The first-order valence-electron chi connectivity index (χ1n) is 8.89. The molecule has 0 aliphatic rings. The number of sulfonamides is 1. The van der Waals surface area contributed by atoms with Crippen LogP contribution in [0.5, 0.6) is 0 Å². The van der Waals surface area contributed by atoms with E-state index in [0.29, 0.717) is 36.6 Å². The molecule has 0 saturated carbocycles. The maximum absolute atomic E-state index is 12.7. The molecule has 1 amide bonds. The van der Waals surface area contributed by atoms with Crippen LogP contribution in [0.3, 0.4) is 0 Å². The van der Waals surface area contributed by atoms with E-state index >= 15 is 0 Å². The van der Waals surface area contributed by atoms with Gasteiger partial charge in [0, 0.05) is 31.0 Å². The van der Waals surface area contributed by atoms with Gasteiger partial charge >= 0.3 is 0 Å². The molecule has 2 aromatic rings. The van der Waals surface area contributed by atoms with Gasteiger partial charge in [0.25, 0.3) is 15.9 Å². The maximum atomic E-state index is 12.7. The van der Waals surface area contributed by atoms with Gasteiger partial charge in [-0.25, -0.2) is 8.42 Å². The molecular formula is C20H26N2O4S. The van der Waals surface area contributed by atoms with Crippen molar-refractivity contribution in [1.29, 1.82) is 0 Å². The van der Waals surface area contributed by atoms with Gasteiger partial charge in [-0.05, 0) is 62.6 Å².